The molecule has 1 fully saturated rings. The predicted octanol–water partition coefficient (Wildman–Crippen LogP) is 2.49. The molecule has 0 bridgehead atoms. The molecular weight excluding hydrogens is 295 g/mol. The summed E-state index contributed by atoms with van der Waals surface area (Å²) >= 11 is 0. The first-order chi connectivity index (χ1) is 8.78. The number of aromatic nitrogens is 2. The van der Waals surface area contributed by atoms with E-state index in [1.165, 1.54) is 43.6 Å². The van der Waals surface area contributed by atoms with Gasteiger partial charge >= 0.3 is 0 Å². The van der Waals surface area contributed by atoms with Gasteiger partial charge in [0.15, 0.2) is 0 Å². The van der Waals surface area contributed by atoms with Gasteiger partial charge in [-0.15, -0.1) is 24.8 Å². The zero-order valence-electron chi connectivity index (χ0n) is 11.9. The highest BCUT2D eigenvalue weighted by Gasteiger charge is 2.35. The lowest BCUT2D eigenvalue weighted by molar-refractivity contribution is 0.0845. The number of nitrogens with zero attached hydrogens (tertiary/aromatic N) is 3. The monoisotopic (exact) mass is 318 g/mol. The van der Waals surface area contributed by atoms with Crippen LogP contribution in [0.1, 0.15) is 37.4 Å². The van der Waals surface area contributed by atoms with Crippen LogP contribution in [0.2, 0.25) is 0 Å². The Morgan fingerprint density at radius 2 is 2.15 bits per heavy atom. The molecule has 2 atom stereocenters. The normalized spacial score (nSPS) is 24.9. The van der Waals surface area contributed by atoms with Crippen molar-refractivity contribution < 1.29 is 0 Å². The molecule has 3 rings (SSSR count). The van der Waals surface area contributed by atoms with E-state index in [4.69, 9.17) is 5.73 Å². The van der Waals surface area contributed by atoms with Gasteiger partial charge in [-0.05, 0) is 56.7 Å². The summed E-state index contributed by atoms with van der Waals surface area (Å²) in [7, 11) is 0. The Hall–Kier alpha value is -0.580. The van der Waals surface area contributed by atoms with Crippen LogP contribution < -0.4 is 5.73 Å². The minimum Gasteiger partial charge on any atom is -0.368 e. The average Bonchev–Trinajstić information content (AvgIpc) is 2.37. The maximum atomic E-state index is 5.69. The second kappa shape index (κ2) is 7.43. The highest BCUT2D eigenvalue weighted by Crippen LogP contribution is 2.34. The summed E-state index contributed by atoms with van der Waals surface area (Å²) in [5.41, 5.74) is 8.20. The average molecular weight is 319 g/mol. The number of anilines is 1. The molecule has 1 aromatic heterocycles. The Morgan fingerprint density at radius 3 is 2.90 bits per heavy atom. The Labute approximate surface area is 133 Å². The fourth-order valence-electron chi connectivity index (χ4n) is 3.59. The van der Waals surface area contributed by atoms with E-state index in [1.807, 2.05) is 6.20 Å². The molecule has 1 aliphatic heterocycles. The third kappa shape index (κ3) is 3.35. The summed E-state index contributed by atoms with van der Waals surface area (Å²) in [6.45, 7) is 4.76. The highest BCUT2D eigenvalue weighted by molar-refractivity contribution is 5.85. The SMILES string of the molecule is CCCN1CCC[C@H]2Cc3nc(N)ncc3C[C@H]21.Cl.Cl. The number of piperidine rings is 1. The lowest BCUT2D eigenvalue weighted by atomic mass is 9.77. The predicted molar refractivity (Wildman–Crippen MR) is 86.7 cm³/mol. The van der Waals surface area contributed by atoms with Crippen molar-refractivity contribution in [2.24, 2.45) is 5.92 Å². The Balaban J connectivity index is 0.000001000. The van der Waals surface area contributed by atoms with Crippen molar-refractivity contribution in [3.63, 3.8) is 0 Å². The molecular formula is C14H24Cl2N4. The van der Waals surface area contributed by atoms with E-state index in [2.05, 4.69) is 21.8 Å². The number of halogens is 2. The largest absolute Gasteiger partial charge is 0.368 e. The van der Waals surface area contributed by atoms with Crippen LogP contribution in [0, 0.1) is 5.92 Å². The van der Waals surface area contributed by atoms with Crippen molar-refractivity contribution in [2.45, 2.75) is 45.1 Å². The van der Waals surface area contributed by atoms with E-state index >= 15 is 0 Å². The number of fused-ring (bicyclic) bond motifs is 2. The van der Waals surface area contributed by atoms with Gasteiger partial charge in [-0.1, -0.05) is 6.92 Å². The number of rotatable bonds is 2. The van der Waals surface area contributed by atoms with E-state index in [-0.39, 0.29) is 24.8 Å². The maximum absolute atomic E-state index is 5.69. The van der Waals surface area contributed by atoms with Crippen LogP contribution in [-0.4, -0.2) is 34.0 Å². The van der Waals surface area contributed by atoms with Crippen LogP contribution in [0.5, 0.6) is 0 Å². The lowest BCUT2D eigenvalue weighted by Crippen LogP contribution is -2.49. The summed E-state index contributed by atoms with van der Waals surface area (Å²) in [5.74, 6) is 1.19. The topological polar surface area (TPSA) is 55.0 Å². The van der Waals surface area contributed by atoms with E-state index in [1.54, 1.807) is 0 Å². The van der Waals surface area contributed by atoms with Gasteiger partial charge in [0.1, 0.15) is 0 Å². The summed E-state index contributed by atoms with van der Waals surface area (Å²) in [5, 5.41) is 0. The minimum absolute atomic E-state index is 0. The van der Waals surface area contributed by atoms with Gasteiger partial charge < -0.3 is 5.73 Å². The van der Waals surface area contributed by atoms with Gasteiger partial charge in [-0.3, -0.25) is 4.90 Å². The van der Waals surface area contributed by atoms with Crippen LogP contribution >= 0.6 is 24.8 Å². The third-order valence-electron chi connectivity index (χ3n) is 4.40. The van der Waals surface area contributed by atoms with Crippen molar-refractivity contribution in [3.05, 3.63) is 17.5 Å². The first-order valence-electron chi connectivity index (χ1n) is 7.12. The van der Waals surface area contributed by atoms with Gasteiger partial charge in [0.25, 0.3) is 0 Å². The van der Waals surface area contributed by atoms with Crippen molar-refractivity contribution >= 4 is 30.8 Å². The molecule has 0 unspecified atom stereocenters. The fourth-order valence-corrected chi connectivity index (χ4v) is 3.59. The van der Waals surface area contributed by atoms with Crippen LogP contribution in [0.3, 0.4) is 0 Å². The van der Waals surface area contributed by atoms with Gasteiger partial charge in [0, 0.05) is 17.9 Å². The molecule has 20 heavy (non-hydrogen) atoms. The molecule has 0 amide bonds. The number of nitrogens with two attached hydrogens (primary N) is 1. The van der Waals surface area contributed by atoms with E-state index in [0.29, 0.717) is 12.0 Å². The molecule has 2 N–H and O–H groups in total. The lowest BCUT2D eigenvalue weighted by Gasteiger charge is -2.44. The van der Waals surface area contributed by atoms with Crippen molar-refractivity contribution in [1.82, 2.24) is 14.9 Å². The van der Waals surface area contributed by atoms with Crippen molar-refractivity contribution in [3.8, 4) is 0 Å². The minimum atomic E-state index is 0. The van der Waals surface area contributed by atoms with Gasteiger partial charge in [0.05, 0.1) is 0 Å². The van der Waals surface area contributed by atoms with Gasteiger partial charge in [-0.25, -0.2) is 9.97 Å². The van der Waals surface area contributed by atoms with Gasteiger partial charge in [-0.2, -0.15) is 0 Å². The number of nitrogen functional groups attached to an aromatic ring is 1. The molecule has 1 saturated heterocycles. The van der Waals surface area contributed by atoms with Crippen molar-refractivity contribution in [1.29, 1.82) is 0 Å². The molecule has 0 spiro atoms. The van der Waals surface area contributed by atoms with Crippen molar-refractivity contribution in [2.75, 3.05) is 18.8 Å². The smallest absolute Gasteiger partial charge is 0.220 e. The first kappa shape index (κ1) is 17.5. The van der Waals surface area contributed by atoms with E-state index < -0.39 is 0 Å². The molecule has 6 heteroatoms. The van der Waals surface area contributed by atoms with E-state index in [9.17, 15) is 0 Å². The zero-order chi connectivity index (χ0) is 12.5. The molecule has 2 aliphatic rings. The Morgan fingerprint density at radius 1 is 1.35 bits per heavy atom. The molecule has 1 aliphatic carbocycles. The molecule has 114 valence electrons. The number of hydrogen-bond donors (Lipinski definition) is 1. The van der Waals surface area contributed by atoms with Crippen LogP contribution in [0.4, 0.5) is 5.95 Å². The summed E-state index contributed by atoms with van der Waals surface area (Å²) in [6.07, 6.45) is 8.06. The molecule has 2 heterocycles. The Bertz CT molecular complexity index is 439. The summed E-state index contributed by atoms with van der Waals surface area (Å²) in [6, 6.07) is 0.707. The van der Waals surface area contributed by atoms with E-state index in [0.717, 1.165) is 18.8 Å². The Kier molecular flexibility index (Phi) is 6.49. The molecule has 4 nitrogen and oxygen atoms in total. The molecule has 0 aromatic carbocycles. The second-order valence-electron chi connectivity index (χ2n) is 5.61. The summed E-state index contributed by atoms with van der Waals surface area (Å²) < 4.78 is 0. The highest BCUT2D eigenvalue weighted by atomic mass is 35.5. The molecule has 0 saturated carbocycles. The third-order valence-corrected chi connectivity index (χ3v) is 4.40. The fraction of sp³-hybridized carbons (Fsp3) is 0.714. The standard InChI is InChI=1S/C14H22N4.2ClH/c1-2-5-18-6-3-4-10-7-12-11(8-13(10)18)9-16-14(15)17-12;;/h9-10,13H,2-8H2,1H3,(H2,15,16,17);2*1H/t10-,13+;;/m0../s1. The maximum Gasteiger partial charge on any atom is 0.220 e. The summed E-state index contributed by atoms with van der Waals surface area (Å²) in [4.78, 5) is 11.2. The molecule has 0 radical (unpaired) electrons. The second-order valence-corrected chi connectivity index (χ2v) is 5.61. The van der Waals surface area contributed by atoms with Crippen LogP contribution in [-0.2, 0) is 12.8 Å². The molecule has 1 aromatic rings. The van der Waals surface area contributed by atoms with Crippen LogP contribution in [0.15, 0.2) is 6.20 Å². The quantitative estimate of drug-likeness (QED) is 0.910. The number of hydrogen-bond acceptors (Lipinski definition) is 4. The zero-order valence-corrected chi connectivity index (χ0v) is 13.6. The number of likely N-dealkylation sites (tertiary alicyclic amines) is 1. The van der Waals surface area contributed by atoms with Gasteiger partial charge in [0.2, 0.25) is 5.95 Å². The van der Waals surface area contributed by atoms with Crippen LogP contribution in [0.25, 0.3) is 0 Å². The first-order valence-corrected chi connectivity index (χ1v) is 7.12.